The summed E-state index contributed by atoms with van der Waals surface area (Å²) in [7, 11) is 0. The van der Waals surface area contributed by atoms with Crippen LogP contribution in [0.25, 0.3) is 10.9 Å². The molecule has 144 valence electrons. The predicted molar refractivity (Wildman–Crippen MR) is 100 cm³/mol. The number of hydrogen-bond donors (Lipinski definition) is 1. The van der Waals surface area contributed by atoms with Gasteiger partial charge in [0, 0.05) is 10.9 Å². The van der Waals surface area contributed by atoms with Gasteiger partial charge in [-0.3, -0.25) is 4.68 Å². The fourth-order valence-electron chi connectivity index (χ4n) is 3.23. The first kappa shape index (κ1) is 19.5. The molecule has 0 unspecified atom stereocenters. The van der Waals surface area contributed by atoms with Gasteiger partial charge in [-0.1, -0.05) is 38.1 Å². The average Bonchev–Trinajstić information content (AvgIpc) is 3.01. The normalized spacial score (nSPS) is 11.8. The van der Waals surface area contributed by atoms with Gasteiger partial charge in [0.15, 0.2) is 0 Å². The van der Waals surface area contributed by atoms with Gasteiger partial charge in [-0.25, -0.2) is 4.79 Å². The fourth-order valence-corrected chi connectivity index (χ4v) is 3.23. The highest BCUT2D eigenvalue weighted by Gasteiger charge is 2.41. The van der Waals surface area contributed by atoms with Crippen molar-refractivity contribution in [2.24, 2.45) is 0 Å². The Hall–Kier alpha value is -3.27. The maximum Gasteiger partial charge on any atom is 0.379 e. The molecule has 3 rings (SSSR count). The average molecular weight is 383 g/mol. The van der Waals surface area contributed by atoms with Crippen molar-refractivity contribution in [3.63, 3.8) is 0 Å². The third kappa shape index (κ3) is 3.22. The van der Waals surface area contributed by atoms with E-state index in [9.17, 15) is 18.8 Å². The number of carboxylic acid groups (broad SMARTS) is 1. The Morgan fingerprint density at radius 2 is 2.04 bits per heavy atom. The molecule has 0 aliphatic heterocycles. The number of carbonyl (C=O) groups is 1. The van der Waals surface area contributed by atoms with Gasteiger partial charge in [0.05, 0.1) is 29.4 Å². The van der Waals surface area contributed by atoms with Gasteiger partial charge in [-0.2, -0.15) is 19.1 Å². The highest BCUT2D eigenvalue weighted by Crippen LogP contribution is 2.33. The van der Waals surface area contributed by atoms with Crippen LogP contribution >= 0.6 is 0 Å². The zero-order valence-electron chi connectivity index (χ0n) is 15.7. The summed E-state index contributed by atoms with van der Waals surface area (Å²) in [6, 6.07) is 11.3. The van der Waals surface area contributed by atoms with Crippen LogP contribution in [0.2, 0.25) is 0 Å². The number of fused-ring (bicyclic) bond motifs is 1. The van der Waals surface area contributed by atoms with E-state index in [1.54, 1.807) is 16.8 Å². The molecule has 0 spiro atoms. The molecule has 1 N–H and O–H groups in total. The second kappa shape index (κ2) is 7.04. The minimum atomic E-state index is -4.00. The highest BCUT2D eigenvalue weighted by atomic mass is 19.3. The monoisotopic (exact) mass is 383 g/mol. The smallest absolute Gasteiger partial charge is 0.379 e. The van der Waals surface area contributed by atoms with Gasteiger partial charge in [0.2, 0.25) is 0 Å². The quantitative estimate of drug-likeness (QED) is 0.700. The minimum Gasteiger partial charge on any atom is -0.477 e. The molecular formula is C21H19F2N3O2. The lowest BCUT2D eigenvalue weighted by molar-refractivity contribution is -0.166. The van der Waals surface area contributed by atoms with Crippen LogP contribution in [0.1, 0.15) is 47.7 Å². The number of nitrogens with zero attached hydrogens (tertiary/aromatic N) is 3. The minimum absolute atomic E-state index is 0.0434. The molecule has 0 aliphatic rings. The van der Waals surface area contributed by atoms with Gasteiger partial charge in [0.25, 0.3) is 0 Å². The van der Waals surface area contributed by atoms with Crippen molar-refractivity contribution >= 4 is 16.9 Å². The van der Waals surface area contributed by atoms with Crippen LogP contribution in [0.3, 0.4) is 0 Å². The molecule has 0 aliphatic carbocycles. The summed E-state index contributed by atoms with van der Waals surface area (Å²) in [6.07, 6.45) is 0. The molecule has 1 heterocycles. The van der Waals surface area contributed by atoms with E-state index >= 15 is 0 Å². The van der Waals surface area contributed by atoms with Crippen molar-refractivity contribution in [1.29, 1.82) is 5.26 Å². The Kier molecular flexibility index (Phi) is 4.90. The number of halogens is 2. The van der Waals surface area contributed by atoms with Crippen molar-refractivity contribution in [2.45, 2.75) is 39.2 Å². The van der Waals surface area contributed by atoms with Crippen LogP contribution in [0.5, 0.6) is 0 Å². The predicted octanol–water partition coefficient (Wildman–Crippen LogP) is 4.56. The molecule has 0 atom stereocenters. The number of aryl methyl sites for hydroxylation is 1. The number of nitriles is 1. The number of aliphatic carboxylic acids is 1. The molecule has 0 saturated carbocycles. The zero-order chi connectivity index (χ0) is 20.6. The molecule has 28 heavy (non-hydrogen) atoms. The Bertz CT molecular complexity index is 1110. The van der Waals surface area contributed by atoms with E-state index in [0.29, 0.717) is 16.5 Å². The number of carboxylic acids is 1. The van der Waals surface area contributed by atoms with E-state index in [2.05, 4.69) is 11.2 Å². The molecule has 0 radical (unpaired) electrons. The van der Waals surface area contributed by atoms with Gasteiger partial charge in [-0.15, -0.1) is 0 Å². The first-order valence-corrected chi connectivity index (χ1v) is 8.77. The second-order valence-corrected chi connectivity index (χ2v) is 7.02. The third-order valence-electron chi connectivity index (χ3n) is 4.80. The van der Waals surface area contributed by atoms with Crippen LogP contribution in [0.4, 0.5) is 8.78 Å². The summed E-state index contributed by atoms with van der Waals surface area (Å²) in [5.41, 5.74) is 2.67. The molecular weight excluding hydrogens is 364 g/mol. The van der Waals surface area contributed by atoms with Crippen LogP contribution in [-0.2, 0) is 17.3 Å². The summed E-state index contributed by atoms with van der Waals surface area (Å²) in [5.74, 6) is -6.16. The van der Waals surface area contributed by atoms with E-state index in [1.807, 2.05) is 26.8 Å². The molecule has 7 heteroatoms. The molecule has 1 aromatic heterocycles. The maximum atomic E-state index is 14.0. The van der Waals surface area contributed by atoms with Gasteiger partial charge < -0.3 is 5.11 Å². The lowest BCUT2D eigenvalue weighted by Gasteiger charge is -2.13. The maximum absolute atomic E-state index is 14.0. The lowest BCUT2D eigenvalue weighted by atomic mass is 10.0. The molecule has 0 bridgehead atoms. The standard InChI is InChI=1S/C21H19F2N3O2/c1-12(2)19-16-8-7-15(21(22,23)20(27)28)9-18(16)26(25-19)11-17-13(3)5-4-6-14(17)10-24/h4-9,12H,11H2,1-3H3,(H,27,28). The highest BCUT2D eigenvalue weighted by molar-refractivity contribution is 5.86. The summed E-state index contributed by atoms with van der Waals surface area (Å²) < 4.78 is 29.6. The Balaban J connectivity index is 2.22. The largest absolute Gasteiger partial charge is 0.477 e. The van der Waals surface area contributed by atoms with E-state index in [-0.39, 0.29) is 12.5 Å². The molecule has 0 fully saturated rings. The topological polar surface area (TPSA) is 78.9 Å². The van der Waals surface area contributed by atoms with E-state index in [0.717, 1.165) is 22.9 Å². The van der Waals surface area contributed by atoms with Crippen molar-refractivity contribution in [2.75, 3.05) is 0 Å². The van der Waals surface area contributed by atoms with E-state index < -0.39 is 17.5 Å². The van der Waals surface area contributed by atoms with Crippen LogP contribution < -0.4 is 0 Å². The summed E-state index contributed by atoms with van der Waals surface area (Å²) in [4.78, 5) is 11.0. The van der Waals surface area contributed by atoms with Crippen LogP contribution in [0, 0.1) is 18.3 Å². The molecule has 2 aromatic carbocycles. The molecule has 0 saturated heterocycles. The van der Waals surface area contributed by atoms with Gasteiger partial charge in [-0.05, 0) is 36.1 Å². The number of hydrogen-bond acceptors (Lipinski definition) is 3. The fraction of sp³-hybridized carbons (Fsp3) is 0.286. The van der Waals surface area contributed by atoms with E-state index in [1.165, 1.54) is 12.1 Å². The van der Waals surface area contributed by atoms with Crippen molar-refractivity contribution < 1.29 is 18.7 Å². The Labute approximate surface area is 160 Å². The van der Waals surface area contributed by atoms with Gasteiger partial charge in [0.1, 0.15) is 0 Å². The first-order chi connectivity index (χ1) is 13.2. The van der Waals surface area contributed by atoms with Crippen LogP contribution in [0.15, 0.2) is 36.4 Å². The second-order valence-electron chi connectivity index (χ2n) is 7.02. The molecule has 0 amide bonds. The third-order valence-corrected chi connectivity index (χ3v) is 4.80. The molecule has 5 nitrogen and oxygen atoms in total. The zero-order valence-corrected chi connectivity index (χ0v) is 15.7. The van der Waals surface area contributed by atoms with E-state index in [4.69, 9.17) is 5.11 Å². The van der Waals surface area contributed by atoms with Gasteiger partial charge >= 0.3 is 11.9 Å². The number of benzene rings is 2. The number of aromatic nitrogens is 2. The van der Waals surface area contributed by atoms with Crippen LogP contribution in [-0.4, -0.2) is 20.9 Å². The number of rotatable bonds is 5. The summed E-state index contributed by atoms with van der Waals surface area (Å²) >= 11 is 0. The van der Waals surface area contributed by atoms with Crippen molar-refractivity contribution in [1.82, 2.24) is 9.78 Å². The first-order valence-electron chi connectivity index (χ1n) is 8.77. The van der Waals surface area contributed by atoms with Crippen molar-refractivity contribution in [3.05, 3.63) is 64.3 Å². The number of alkyl halides is 2. The summed E-state index contributed by atoms with van der Waals surface area (Å²) in [6.45, 7) is 5.98. The lowest BCUT2D eigenvalue weighted by Crippen LogP contribution is -2.25. The summed E-state index contributed by atoms with van der Waals surface area (Å²) in [5, 5.41) is 23.5. The van der Waals surface area contributed by atoms with Crippen molar-refractivity contribution in [3.8, 4) is 6.07 Å². The molecule has 3 aromatic rings. The Morgan fingerprint density at radius 3 is 2.64 bits per heavy atom. The Morgan fingerprint density at radius 1 is 1.32 bits per heavy atom. The SMILES string of the molecule is Cc1cccc(C#N)c1Cn1nc(C(C)C)c2ccc(C(F)(F)C(=O)O)cc21.